The van der Waals surface area contributed by atoms with Crippen LogP contribution in [0, 0.1) is 37.0 Å². The second kappa shape index (κ2) is 5.29. The number of nitrogens with one attached hydrogen (secondary N) is 1. The summed E-state index contributed by atoms with van der Waals surface area (Å²) in [5.41, 5.74) is 3.53. The van der Waals surface area contributed by atoms with Crippen LogP contribution in [0.2, 0.25) is 0 Å². The lowest BCUT2D eigenvalue weighted by atomic mass is 9.49. The third-order valence-corrected chi connectivity index (χ3v) is 6.81. The van der Waals surface area contributed by atoms with Gasteiger partial charge in [-0.3, -0.25) is 4.79 Å². The Morgan fingerprint density at radius 3 is 2.48 bits per heavy atom. The molecule has 0 aliphatic heterocycles. The van der Waals surface area contributed by atoms with Gasteiger partial charge in [-0.2, -0.15) is 5.10 Å². The molecule has 25 heavy (non-hydrogen) atoms. The molecule has 0 radical (unpaired) electrons. The molecule has 0 aromatic carbocycles. The lowest BCUT2D eigenvalue weighted by molar-refractivity contribution is -0.0503. The standard InChI is InChI=1S/C20H26N4O/c1-12-3-13(2)24-18(23-12)17(10-22-24)19(25)21-11-20-7-14-4-15(8-20)6-16(5-14)9-20/h3,10,14-16H,4-9,11H2,1-2H3,(H,21,25). The first kappa shape index (κ1) is 15.4. The summed E-state index contributed by atoms with van der Waals surface area (Å²) in [7, 11) is 0. The molecule has 0 saturated heterocycles. The monoisotopic (exact) mass is 338 g/mol. The average Bonchev–Trinajstić information content (AvgIpc) is 2.95. The largest absolute Gasteiger partial charge is 0.351 e. The lowest BCUT2D eigenvalue weighted by Gasteiger charge is -2.56. The van der Waals surface area contributed by atoms with Gasteiger partial charge in [0.1, 0.15) is 5.56 Å². The van der Waals surface area contributed by atoms with Gasteiger partial charge in [-0.05, 0) is 81.6 Å². The molecule has 0 atom stereocenters. The van der Waals surface area contributed by atoms with Gasteiger partial charge in [-0.25, -0.2) is 9.50 Å². The van der Waals surface area contributed by atoms with Gasteiger partial charge in [-0.15, -0.1) is 0 Å². The minimum absolute atomic E-state index is 0.0248. The van der Waals surface area contributed by atoms with Gasteiger partial charge in [-0.1, -0.05) is 0 Å². The van der Waals surface area contributed by atoms with Crippen molar-refractivity contribution < 1.29 is 4.79 Å². The smallest absolute Gasteiger partial charge is 0.256 e. The number of aryl methyl sites for hydroxylation is 2. The van der Waals surface area contributed by atoms with Crippen molar-refractivity contribution >= 4 is 11.6 Å². The fourth-order valence-electron chi connectivity index (χ4n) is 6.30. The van der Waals surface area contributed by atoms with E-state index >= 15 is 0 Å². The fraction of sp³-hybridized carbons (Fsp3) is 0.650. The van der Waals surface area contributed by atoms with Crippen LogP contribution in [0.25, 0.3) is 5.65 Å². The highest BCUT2D eigenvalue weighted by Crippen LogP contribution is 2.59. The van der Waals surface area contributed by atoms with Gasteiger partial charge in [0.2, 0.25) is 0 Å². The molecule has 132 valence electrons. The van der Waals surface area contributed by atoms with Crippen LogP contribution < -0.4 is 5.32 Å². The number of fused-ring (bicyclic) bond motifs is 1. The molecule has 1 N–H and O–H groups in total. The molecule has 4 aliphatic carbocycles. The topological polar surface area (TPSA) is 59.3 Å². The van der Waals surface area contributed by atoms with Crippen LogP contribution in [0.5, 0.6) is 0 Å². The van der Waals surface area contributed by atoms with Crippen LogP contribution in [0.1, 0.15) is 60.3 Å². The van der Waals surface area contributed by atoms with E-state index in [1.54, 1.807) is 10.7 Å². The number of carbonyl (C=O) groups is 1. The maximum Gasteiger partial charge on any atom is 0.256 e. The summed E-state index contributed by atoms with van der Waals surface area (Å²) in [6.07, 6.45) is 9.89. The van der Waals surface area contributed by atoms with Crippen molar-refractivity contribution in [2.75, 3.05) is 6.54 Å². The Morgan fingerprint density at radius 1 is 1.20 bits per heavy atom. The van der Waals surface area contributed by atoms with Crippen molar-refractivity contribution in [3.05, 3.63) is 29.2 Å². The highest BCUT2D eigenvalue weighted by Gasteiger charge is 2.50. The van der Waals surface area contributed by atoms with Crippen LogP contribution in [0.3, 0.4) is 0 Å². The van der Waals surface area contributed by atoms with Crippen LogP contribution >= 0.6 is 0 Å². The third kappa shape index (κ3) is 2.47. The van der Waals surface area contributed by atoms with E-state index < -0.39 is 0 Å². The SMILES string of the molecule is Cc1cc(C)n2ncc(C(=O)NCC34CC5CC(CC(C5)C3)C4)c2n1. The number of hydrogen-bond acceptors (Lipinski definition) is 3. The normalized spacial score (nSPS) is 33.1. The minimum atomic E-state index is -0.0248. The first-order chi connectivity index (χ1) is 12.0. The van der Waals surface area contributed by atoms with E-state index in [0.29, 0.717) is 16.6 Å². The second-order valence-corrected chi connectivity index (χ2v) is 8.93. The first-order valence-corrected chi connectivity index (χ1v) is 9.61. The zero-order valence-electron chi connectivity index (χ0n) is 15.1. The fourth-order valence-corrected chi connectivity index (χ4v) is 6.30. The van der Waals surface area contributed by atoms with E-state index in [1.807, 2.05) is 19.9 Å². The summed E-state index contributed by atoms with van der Waals surface area (Å²) in [5.74, 6) is 2.70. The second-order valence-electron chi connectivity index (χ2n) is 8.93. The molecule has 0 unspecified atom stereocenters. The Bertz CT molecular complexity index is 817. The molecule has 1 amide bonds. The van der Waals surface area contributed by atoms with Crippen LogP contribution in [0.4, 0.5) is 0 Å². The van der Waals surface area contributed by atoms with Gasteiger partial charge in [0.25, 0.3) is 5.91 Å². The van der Waals surface area contributed by atoms with Crippen molar-refractivity contribution in [3.8, 4) is 0 Å². The van der Waals surface area contributed by atoms with E-state index in [9.17, 15) is 4.79 Å². The van der Waals surface area contributed by atoms with E-state index in [1.165, 1.54) is 38.5 Å². The van der Waals surface area contributed by atoms with Crippen molar-refractivity contribution in [3.63, 3.8) is 0 Å². The van der Waals surface area contributed by atoms with Crippen molar-refractivity contribution in [2.45, 2.75) is 52.4 Å². The molecule has 5 nitrogen and oxygen atoms in total. The molecular weight excluding hydrogens is 312 g/mol. The molecule has 6 rings (SSSR count). The van der Waals surface area contributed by atoms with E-state index in [0.717, 1.165) is 35.7 Å². The lowest BCUT2D eigenvalue weighted by Crippen LogP contribution is -2.51. The molecule has 2 aromatic heterocycles. The van der Waals surface area contributed by atoms with E-state index in [4.69, 9.17) is 0 Å². The summed E-state index contributed by atoms with van der Waals surface area (Å²) in [4.78, 5) is 17.4. The maximum absolute atomic E-state index is 12.8. The van der Waals surface area contributed by atoms with Crippen LogP contribution in [-0.2, 0) is 0 Å². The molecule has 5 heteroatoms. The van der Waals surface area contributed by atoms with E-state index in [-0.39, 0.29) is 5.91 Å². The summed E-state index contributed by atoms with van der Waals surface area (Å²) >= 11 is 0. The number of nitrogens with zero attached hydrogens (tertiary/aromatic N) is 3. The van der Waals surface area contributed by atoms with E-state index in [2.05, 4.69) is 15.4 Å². The highest BCUT2D eigenvalue weighted by molar-refractivity contribution is 5.99. The predicted molar refractivity (Wildman–Crippen MR) is 95.4 cm³/mol. The first-order valence-electron chi connectivity index (χ1n) is 9.61. The Kier molecular flexibility index (Phi) is 3.25. The van der Waals surface area contributed by atoms with Gasteiger partial charge in [0, 0.05) is 17.9 Å². The Labute approximate surface area is 148 Å². The molecule has 4 aliphatic rings. The summed E-state index contributed by atoms with van der Waals surface area (Å²) in [6.45, 7) is 4.76. The summed E-state index contributed by atoms with van der Waals surface area (Å²) in [5, 5.41) is 7.59. The number of amides is 1. The van der Waals surface area contributed by atoms with Crippen LogP contribution in [-0.4, -0.2) is 27.0 Å². The third-order valence-electron chi connectivity index (χ3n) is 6.81. The van der Waals surface area contributed by atoms with Crippen molar-refractivity contribution in [1.29, 1.82) is 0 Å². The zero-order valence-corrected chi connectivity index (χ0v) is 15.1. The van der Waals surface area contributed by atoms with Crippen molar-refractivity contribution in [1.82, 2.24) is 19.9 Å². The Morgan fingerprint density at radius 2 is 1.84 bits per heavy atom. The number of hydrogen-bond donors (Lipinski definition) is 1. The van der Waals surface area contributed by atoms with Gasteiger partial charge >= 0.3 is 0 Å². The number of carbonyl (C=O) groups excluding carboxylic acids is 1. The molecule has 4 bridgehead atoms. The zero-order chi connectivity index (χ0) is 17.2. The minimum Gasteiger partial charge on any atom is -0.351 e. The Balaban J connectivity index is 1.36. The highest BCUT2D eigenvalue weighted by atomic mass is 16.1. The molecule has 4 saturated carbocycles. The maximum atomic E-state index is 12.8. The van der Waals surface area contributed by atoms with Gasteiger partial charge in [0.05, 0.1) is 6.20 Å². The molecule has 0 spiro atoms. The summed E-state index contributed by atoms with van der Waals surface area (Å²) in [6, 6.07) is 1.98. The molecule has 2 heterocycles. The number of aromatic nitrogens is 3. The number of rotatable bonds is 3. The molecule has 2 aromatic rings. The van der Waals surface area contributed by atoms with Gasteiger partial charge < -0.3 is 5.32 Å². The predicted octanol–water partition coefficient (Wildman–Crippen LogP) is 3.29. The summed E-state index contributed by atoms with van der Waals surface area (Å²) < 4.78 is 1.76. The Hall–Kier alpha value is -1.91. The average molecular weight is 338 g/mol. The van der Waals surface area contributed by atoms with Crippen molar-refractivity contribution in [2.24, 2.45) is 23.2 Å². The molecular formula is C20H26N4O. The molecule has 4 fully saturated rings. The van der Waals surface area contributed by atoms with Crippen LogP contribution in [0.15, 0.2) is 12.3 Å². The quantitative estimate of drug-likeness (QED) is 0.934. The van der Waals surface area contributed by atoms with Gasteiger partial charge in [0.15, 0.2) is 5.65 Å².